The number of alkyl halides is 3. The summed E-state index contributed by atoms with van der Waals surface area (Å²) in [6, 6.07) is 3.20. The normalized spacial score (nSPS) is 11.6. The predicted molar refractivity (Wildman–Crippen MR) is 62.7 cm³/mol. The fourth-order valence-electron chi connectivity index (χ4n) is 1.59. The van der Waals surface area contributed by atoms with Crippen LogP contribution in [-0.4, -0.2) is 26.1 Å². The molecule has 0 radical (unpaired) electrons. The average molecular weight is 306 g/mol. The van der Waals surface area contributed by atoms with Crippen LogP contribution in [0.1, 0.15) is 11.3 Å². The van der Waals surface area contributed by atoms with Gasteiger partial charge in [0.2, 0.25) is 0 Å². The molecule has 9 heteroatoms. The van der Waals surface area contributed by atoms with Crippen LogP contribution in [0.5, 0.6) is 0 Å². The van der Waals surface area contributed by atoms with Gasteiger partial charge in [0, 0.05) is 5.02 Å². The summed E-state index contributed by atoms with van der Waals surface area (Å²) in [5.74, 6) is -1.15. The molecule has 0 aliphatic rings. The maximum Gasteiger partial charge on any atom is 0.418 e. The van der Waals surface area contributed by atoms with E-state index in [4.69, 9.17) is 16.7 Å². The molecule has 0 atom stereocenters. The van der Waals surface area contributed by atoms with Gasteiger partial charge in [-0.1, -0.05) is 16.8 Å². The van der Waals surface area contributed by atoms with Crippen LogP contribution >= 0.6 is 11.6 Å². The van der Waals surface area contributed by atoms with Gasteiger partial charge in [0.15, 0.2) is 0 Å². The first-order valence-electron chi connectivity index (χ1n) is 5.27. The van der Waals surface area contributed by atoms with Gasteiger partial charge in [-0.05, 0) is 18.2 Å². The Morgan fingerprint density at radius 3 is 2.70 bits per heavy atom. The van der Waals surface area contributed by atoms with Gasteiger partial charge in [-0.15, -0.1) is 5.10 Å². The fourth-order valence-corrected chi connectivity index (χ4v) is 1.76. The summed E-state index contributed by atoms with van der Waals surface area (Å²) in [7, 11) is 0. The van der Waals surface area contributed by atoms with Crippen LogP contribution in [0.4, 0.5) is 13.2 Å². The van der Waals surface area contributed by atoms with Crippen molar-refractivity contribution in [3.8, 4) is 5.69 Å². The first kappa shape index (κ1) is 14.3. The number of benzene rings is 1. The lowest BCUT2D eigenvalue weighted by Crippen LogP contribution is -2.11. The summed E-state index contributed by atoms with van der Waals surface area (Å²) < 4.78 is 39.6. The van der Waals surface area contributed by atoms with E-state index in [1.807, 2.05) is 0 Å². The van der Waals surface area contributed by atoms with Crippen molar-refractivity contribution in [2.75, 3.05) is 0 Å². The van der Waals surface area contributed by atoms with Gasteiger partial charge in [0.05, 0.1) is 29.6 Å². The van der Waals surface area contributed by atoms with E-state index in [0.29, 0.717) is 0 Å². The Kier molecular flexibility index (Phi) is 3.67. The van der Waals surface area contributed by atoms with Gasteiger partial charge < -0.3 is 5.11 Å². The van der Waals surface area contributed by atoms with E-state index in [1.165, 1.54) is 6.07 Å². The zero-order valence-corrected chi connectivity index (χ0v) is 10.5. The molecule has 0 saturated carbocycles. The number of rotatable bonds is 3. The predicted octanol–water partition coefficient (Wildman–Crippen LogP) is 2.57. The monoisotopic (exact) mass is 305 g/mol. The van der Waals surface area contributed by atoms with E-state index in [1.54, 1.807) is 0 Å². The molecule has 106 valence electrons. The summed E-state index contributed by atoms with van der Waals surface area (Å²) in [5, 5.41) is 15.5. The second-order valence-electron chi connectivity index (χ2n) is 3.88. The maximum atomic E-state index is 12.9. The minimum atomic E-state index is -4.61. The summed E-state index contributed by atoms with van der Waals surface area (Å²) >= 11 is 5.56. The molecule has 0 fully saturated rings. The molecule has 1 aromatic heterocycles. The summed E-state index contributed by atoms with van der Waals surface area (Å²) in [4.78, 5) is 10.5. The molecule has 0 aliphatic carbocycles. The van der Waals surface area contributed by atoms with Crippen molar-refractivity contribution in [3.63, 3.8) is 0 Å². The third-order valence-corrected chi connectivity index (χ3v) is 2.62. The molecule has 2 aromatic rings. The molecular weight excluding hydrogens is 299 g/mol. The number of halogens is 4. The molecule has 0 bridgehead atoms. The molecule has 0 amide bonds. The molecule has 1 N–H and O–H groups in total. The number of nitrogens with zero attached hydrogens (tertiary/aromatic N) is 3. The van der Waals surface area contributed by atoms with Crippen LogP contribution < -0.4 is 0 Å². The Labute approximate surface area is 115 Å². The van der Waals surface area contributed by atoms with Gasteiger partial charge in [0.25, 0.3) is 0 Å². The van der Waals surface area contributed by atoms with Crippen molar-refractivity contribution in [2.24, 2.45) is 0 Å². The third-order valence-electron chi connectivity index (χ3n) is 2.38. The number of hydrogen-bond acceptors (Lipinski definition) is 3. The Morgan fingerprint density at radius 1 is 1.40 bits per heavy atom. The molecule has 1 heterocycles. The zero-order chi connectivity index (χ0) is 14.9. The van der Waals surface area contributed by atoms with Crippen molar-refractivity contribution in [1.29, 1.82) is 0 Å². The van der Waals surface area contributed by atoms with Crippen molar-refractivity contribution >= 4 is 17.6 Å². The molecule has 0 spiro atoms. The van der Waals surface area contributed by atoms with Crippen LogP contribution in [0.15, 0.2) is 24.4 Å². The van der Waals surface area contributed by atoms with Gasteiger partial charge in [-0.3, -0.25) is 4.79 Å². The number of aromatic nitrogens is 3. The van der Waals surface area contributed by atoms with Crippen LogP contribution in [0.3, 0.4) is 0 Å². The molecular formula is C11H7ClF3N3O2. The number of carboxylic acids is 1. The Balaban J connectivity index is 2.47. The molecule has 1 aromatic carbocycles. The van der Waals surface area contributed by atoms with Crippen LogP contribution in [0.2, 0.25) is 5.02 Å². The lowest BCUT2D eigenvalue weighted by atomic mass is 10.1. The standard InChI is InChI=1S/C11H7ClF3N3O2/c12-6-1-2-9(8(3-6)11(13,14)15)18-5-7(16-17-18)4-10(19)20/h1-3,5H,4H2,(H,19,20). The second-order valence-corrected chi connectivity index (χ2v) is 4.32. The second kappa shape index (κ2) is 5.12. The zero-order valence-electron chi connectivity index (χ0n) is 9.73. The SMILES string of the molecule is O=C(O)Cc1cn(-c2ccc(Cl)cc2C(F)(F)F)nn1. The van der Waals surface area contributed by atoms with Gasteiger partial charge in [0.1, 0.15) is 0 Å². The van der Waals surface area contributed by atoms with E-state index in [2.05, 4.69) is 10.3 Å². The molecule has 0 saturated heterocycles. The first-order valence-corrected chi connectivity index (χ1v) is 5.65. The quantitative estimate of drug-likeness (QED) is 0.946. The first-order chi connectivity index (χ1) is 9.27. The van der Waals surface area contributed by atoms with Gasteiger partial charge in [-0.25, -0.2) is 4.68 Å². The Hall–Kier alpha value is -2.09. The number of carbonyl (C=O) groups is 1. The fraction of sp³-hybridized carbons (Fsp3) is 0.182. The average Bonchev–Trinajstić information content (AvgIpc) is 2.75. The van der Waals surface area contributed by atoms with Gasteiger partial charge in [-0.2, -0.15) is 13.2 Å². The maximum absolute atomic E-state index is 12.9. The highest BCUT2D eigenvalue weighted by Crippen LogP contribution is 2.35. The van der Waals surface area contributed by atoms with E-state index < -0.39 is 24.1 Å². The number of carboxylic acid groups (broad SMARTS) is 1. The van der Waals surface area contributed by atoms with Crippen LogP contribution in [0.25, 0.3) is 5.69 Å². The van der Waals surface area contributed by atoms with Crippen LogP contribution in [-0.2, 0) is 17.4 Å². The number of hydrogen-bond donors (Lipinski definition) is 1. The Morgan fingerprint density at radius 2 is 2.10 bits per heavy atom. The summed E-state index contributed by atoms with van der Waals surface area (Å²) in [6.45, 7) is 0. The van der Waals surface area contributed by atoms with E-state index in [0.717, 1.165) is 23.0 Å². The lowest BCUT2D eigenvalue weighted by molar-refractivity contribution is -0.138. The summed E-state index contributed by atoms with van der Waals surface area (Å²) in [6.07, 6.45) is -3.90. The van der Waals surface area contributed by atoms with Gasteiger partial charge >= 0.3 is 12.1 Å². The van der Waals surface area contributed by atoms with Crippen LogP contribution in [0, 0.1) is 0 Å². The molecule has 2 rings (SSSR count). The topological polar surface area (TPSA) is 68.0 Å². The largest absolute Gasteiger partial charge is 0.481 e. The van der Waals surface area contributed by atoms with Crippen molar-refractivity contribution in [2.45, 2.75) is 12.6 Å². The molecule has 5 nitrogen and oxygen atoms in total. The molecule has 0 unspecified atom stereocenters. The minimum Gasteiger partial charge on any atom is -0.481 e. The summed E-state index contributed by atoms with van der Waals surface area (Å²) in [5.41, 5.74) is -1.19. The highest BCUT2D eigenvalue weighted by molar-refractivity contribution is 6.30. The lowest BCUT2D eigenvalue weighted by Gasteiger charge is -2.12. The third kappa shape index (κ3) is 3.08. The smallest absolute Gasteiger partial charge is 0.418 e. The molecule has 20 heavy (non-hydrogen) atoms. The van der Waals surface area contributed by atoms with Crippen molar-refractivity contribution in [1.82, 2.24) is 15.0 Å². The van der Waals surface area contributed by atoms with E-state index >= 15 is 0 Å². The molecule has 0 aliphatic heterocycles. The van der Waals surface area contributed by atoms with Crippen molar-refractivity contribution < 1.29 is 23.1 Å². The van der Waals surface area contributed by atoms with E-state index in [-0.39, 0.29) is 16.4 Å². The minimum absolute atomic E-state index is 0.0561. The Bertz CT molecular complexity index is 655. The number of aliphatic carboxylic acids is 1. The highest BCUT2D eigenvalue weighted by Gasteiger charge is 2.34. The van der Waals surface area contributed by atoms with E-state index in [9.17, 15) is 18.0 Å². The highest BCUT2D eigenvalue weighted by atomic mass is 35.5. The van der Waals surface area contributed by atoms with Crippen molar-refractivity contribution in [3.05, 3.63) is 40.7 Å².